The minimum absolute atomic E-state index is 0.0640. The highest BCUT2D eigenvalue weighted by Crippen LogP contribution is 2.23. The summed E-state index contributed by atoms with van der Waals surface area (Å²) in [5, 5.41) is 2.92. The maximum absolute atomic E-state index is 13.6. The van der Waals surface area contributed by atoms with Gasteiger partial charge in [-0.2, -0.15) is 0 Å². The third-order valence-corrected chi connectivity index (χ3v) is 3.56. The third-order valence-electron chi connectivity index (χ3n) is 3.56. The Labute approximate surface area is 118 Å². The quantitative estimate of drug-likeness (QED) is 0.850. The molecule has 1 N–H and O–H groups in total. The zero-order valence-electron chi connectivity index (χ0n) is 11.9. The van der Waals surface area contributed by atoms with Crippen molar-refractivity contribution >= 4 is 5.69 Å². The second-order valence-electron chi connectivity index (χ2n) is 5.86. The first kappa shape index (κ1) is 15.2. The lowest BCUT2D eigenvalue weighted by Crippen LogP contribution is -2.40. The number of piperidine rings is 1. The SMILES string of the molecule is CC(C)CN1CCC(Nc2cc(F)cc(F)c2F)CC1. The van der Waals surface area contributed by atoms with Gasteiger partial charge in [-0.05, 0) is 18.8 Å². The molecule has 112 valence electrons. The molecule has 2 nitrogen and oxygen atoms in total. The van der Waals surface area contributed by atoms with Gasteiger partial charge in [0.1, 0.15) is 5.82 Å². The van der Waals surface area contributed by atoms with Gasteiger partial charge in [0, 0.05) is 37.8 Å². The summed E-state index contributed by atoms with van der Waals surface area (Å²) in [4.78, 5) is 2.37. The van der Waals surface area contributed by atoms with E-state index in [1.165, 1.54) is 0 Å². The number of rotatable bonds is 4. The lowest BCUT2D eigenvalue weighted by Gasteiger charge is -2.33. The van der Waals surface area contributed by atoms with Gasteiger partial charge in [-0.3, -0.25) is 0 Å². The molecular weight excluding hydrogens is 265 g/mol. The van der Waals surface area contributed by atoms with Crippen molar-refractivity contribution in [1.29, 1.82) is 0 Å². The highest BCUT2D eigenvalue weighted by atomic mass is 19.2. The van der Waals surface area contributed by atoms with E-state index in [1.54, 1.807) is 0 Å². The number of likely N-dealkylation sites (tertiary alicyclic amines) is 1. The lowest BCUT2D eigenvalue weighted by molar-refractivity contribution is 0.198. The molecule has 1 fully saturated rings. The van der Waals surface area contributed by atoms with Gasteiger partial charge < -0.3 is 10.2 Å². The molecule has 1 aliphatic rings. The molecule has 1 saturated heterocycles. The van der Waals surface area contributed by atoms with E-state index >= 15 is 0 Å². The van der Waals surface area contributed by atoms with E-state index in [0.29, 0.717) is 12.0 Å². The van der Waals surface area contributed by atoms with E-state index in [0.717, 1.165) is 38.5 Å². The minimum Gasteiger partial charge on any atom is -0.380 e. The van der Waals surface area contributed by atoms with Crippen LogP contribution in [0.2, 0.25) is 0 Å². The van der Waals surface area contributed by atoms with E-state index in [4.69, 9.17) is 0 Å². The van der Waals surface area contributed by atoms with Gasteiger partial charge in [-0.25, -0.2) is 13.2 Å². The zero-order valence-corrected chi connectivity index (χ0v) is 11.9. The number of nitrogens with zero attached hydrogens (tertiary/aromatic N) is 1. The molecule has 0 spiro atoms. The molecular formula is C15H21F3N2. The Morgan fingerprint density at radius 3 is 2.45 bits per heavy atom. The Balaban J connectivity index is 1.93. The van der Waals surface area contributed by atoms with Crippen molar-refractivity contribution in [2.45, 2.75) is 32.7 Å². The van der Waals surface area contributed by atoms with Crippen LogP contribution >= 0.6 is 0 Å². The smallest absolute Gasteiger partial charge is 0.182 e. The van der Waals surface area contributed by atoms with Gasteiger partial charge in [0.15, 0.2) is 11.6 Å². The number of hydrogen-bond donors (Lipinski definition) is 1. The fraction of sp³-hybridized carbons (Fsp3) is 0.600. The van der Waals surface area contributed by atoms with Crippen LogP contribution in [-0.2, 0) is 0 Å². The van der Waals surface area contributed by atoms with E-state index < -0.39 is 17.5 Å². The predicted molar refractivity (Wildman–Crippen MR) is 74.2 cm³/mol. The standard InChI is InChI=1S/C15H21F3N2/c1-10(2)9-20-5-3-12(4-6-20)19-14-8-11(16)7-13(17)15(14)18/h7-8,10,12,19H,3-6,9H2,1-2H3. The van der Waals surface area contributed by atoms with Gasteiger partial charge in [0.2, 0.25) is 0 Å². The summed E-state index contributed by atoms with van der Waals surface area (Å²) in [5.74, 6) is -2.29. The molecule has 0 saturated carbocycles. The largest absolute Gasteiger partial charge is 0.380 e. The number of nitrogens with one attached hydrogen (secondary N) is 1. The van der Waals surface area contributed by atoms with E-state index in [1.807, 2.05) is 0 Å². The highest BCUT2D eigenvalue weighted by molar-refractivity contribution is 5.46. The van der Waals surface area contributed by atoms with Gasteiger partial charge in [0.25, 0.3) is 0 Å². The molecule has 5 heteroatoms. The highest BCUT2D eigenvalue weighted by Gasteiger charge is 2.21. The summed E-state index contributed by atoms with van der Waals surface area (Å²) in [7, 11) is 0. The Morgan fingerprint density at radius 2 is 1.85 bits per heavy atom. The van der Waals surface area contributed by atoms with Crippen LogP contribution in [0.25, 0.3) is 0 Å². The molecule has 1 aromatic carbocycles. The monoisotopic (exact) mass is 286 g/mol. The molecule has 20 heavy (non-hydrogen) atoms. The fourth-order valence-electron chi connectivity index (χ4n) is 2.66. The van der Waals surface area contributed by atoms with Crippen LogP contribution in [0.1, 0.15) is 26.7 Å². The first-order chi connectivity index (χ1) is 9.45. The van der Waals surface area contributed by atoms with Gasteiger partial charge in [0.05, 0.1) is 5.69 Å². The van der Waals surface area contributed by atoms with Crippen LogP contribution in [0.5, 0.6) is 0 Å². The Bertz CT molecular complexity index is 455. The number of halogens is 3. The van der Waals surface area contributed by atoms with Crippen molar-refractivity contribution < 1.29 is 13.2 Å². The summed E-state index contributed by atoms with van der Waals surface area (Å²) in [6.07, 6.45) is 1.70. The second-order valence-corrected chi connectivity index (χ2v) is 5.86. The number of benzene rings is 1. The van der Waals surface area contributed by atoms with Crippen molar-refractivity contribution in [3.8, 4) is 0 Å². The first-order valence-electron chi connectivity index (χ1n) is 7.09. The van der Waals surface area contributed by atoms with Crippen LogP contribution < -0.4 is 5.32 Å². The average Bonchev–Trinajstić information content (AvgIpc) is 2.37. The normalized spacial score (nSPS) is 17.7. The summed E-state index contributed by atoms with van der Waals surface area (Å²) in [6.45, 7) is 7.25. The maximum Gasteiger partial charge on any atom is 0.182 e. The molecule has 2 rings (SSSR count). The second kappa shape index (κ2) is 6.48. The molecule has 0 radical (unpaired) electrons. The van der Waals surface area contributed by atoms with Gasteiger partial charge in [-0.1, -0.05) is 13.8 Å². The van der Waals surface area contributed by atoms with Gasteiger partial charge in [-0.15, -0.1) is 0 Å². The Hall–Kier alpha value is -1.23. The van der Waals surface area contributed by atoms with Crippen LogP contribution in [0.15, 0.2) is 12.1 Å². The molecule has 0 bridgehead atoms. The molecule has 0 unspecified atom stereocenters. The number of anilines is 1. The Kier molecular flexibility index (Phi) is 4.91. The van der Waals surface area contributed by atoms with Gasteiger partial charge >= 0.3 is 0 Å². The first-order valence-corrected chi connectivity index (χ1v) is 7.09. The molecule has 0 amide bonds. The van der Waals surface area contributed by atoms with E-state index in [-0.39, 0.29) is 11.7 Å². The van der Waals surface area contributed by atoms with Crippen LogP contribution in [0.4, 0.5) is 18.9 Å². The predicted octanol–water partition coefficient (Wildman–Crippen LogP) is 3.64. The average molecular weight is 286 g/mol. The maximum atomic E-state index is 13.6. The van der Waals surface area contributed by atoms with Crippen LogP contribution in [-0.4, -0.2) is 30.6 Å². The molecule has 1 aromatic rings. The fourth-order valence-corrected chi connectivity index (χ4v) is 2.66. The van der Waals surface area contributed by atoms with Crippen molar-refractivity contribution in [2.24, 2.45) is 5.92 Å². The van der Waals surface area contributed by atoms with Crippen LogP contribution in [0.3, 0.4) is 0 Å². The summed E-state index contributed by atoms with van der Waals surface area (Å²) in [5.41, 5.74) is -0.0789. The van der Waals surface area contributed by atoms with Crippen LogP contribution in [0, 0.1) is 23.4 Å². The molecule has 1 heterocycles. The third kappa shape index (κ3) is 3.88. The van der Waals surface area contributed by atoms with Crippen molar-refractivity contribution in [1.82, 2.24) is 4.90 Å². The Morgan fingerprint density at radius 1 is 1.20 bits per heavy atom. The molecule has 0 atom stereocenters. The molecule has 0 aromatic heterocycles. The topological polar surface area (TPSA) is 15.3 Å². The number of hydrogen-bond acceptors (Lipinski definition) is 2. The summed E-state index contributed by atoms with van der Waals surface area (Å²) >= 11 is 0. The summed E-state index contributed by atoms with van der Waals surface area (Å²) < 4.78 is 39.8. The minimum atomic E-state index is -1.15. The lowest BCUT2D eigenvalue weighted by atomic mass is 10.0. The molecule has 0 aliphatic carbocycles. The van der Waals surface area contributed by atoms with E-state index in [9.17, 15) is 13.2 Å². The van der Waals surface area contributed by atoms with E-state index in [2.05, 4.69) is 24.1 Å². The summed E-state index contributed by atoms with van der Waals surface area (Å²) in [6, 6.07) is 1.64. The molecule has 1 aliphatic heterocycles. The van der Waals surface area contributed by atoms with Crippen molar-refractivity contribution in [2.75, 3.05) is 25.0 Å². The zero-order chi connectivity index (χ0) is 14.7. The van der Waals surface area contributed by atoms with Crippen molar-refractivity contribution in [3.63, 3.8) is 0 Å². The van der Waals surface area contributed by atoms with Crippen molar-refractivity contribution in [3.05, 3.63) is 29.6 Å².